The van der Waals surface area contributed by atoms with Gasteiger partial charge in [0.1, 0.15) is 6.61 Å². The number of ether oxygens (including phenoxy) is 1. The number of aryl methyl sites for hydroxylation is 1. The lowest BCUT2D eigenvalue weighted by molar-refractivity contribution is -0.139. The van der Waals surface area contributed by atoms with Gasteiger partial charge < -0.3 is 4.74 Å². The highest BCUT2D eigenvalue weighted by Gasteiger charge is 2.04. The van der Waals surface area contributed by atoms with Gasteiger partial charge in [-0.1, -0.05) is 74.0 Å². The molecular weight excluding hydrogens is 284 g/mol. The second-order valence-electron chi connectivity index (χ2n) is 5.74. The second kappa shape index (κ2) is 8.94. The molecule has 0 N–H and O–H groups in total. The number of carbonyl (C=O) groups excluding carboxylic acids is 1. The molecule has 0 radical (unpaired) electrons. The molecule has 0 saturated carbocycles. The topological polar surface area (TPSA) is 26.3 Å². The third-order valence-corrected chi connectivity index (χ3v) is 3.60. The van der Waals surface area contributed by atoms with Gasteiger partial charge in [-0.2, -0.15) is 0 Å². The minimum atomic E-state index is -0.247. The van der Waals surface area contributed by atoms with Gasteiger partial charge in [-0.05, 0) is 35.1 Å². The van der Waals surface area contributed by atoms with E-state index in [2.05, 4.69) is 49.4 Å². The van der Waals surface area contributed by atoms with Crippen LogP contribution in [0.1, 0.15) is 37.0 Å². The van der Waals surface area contributed by atoms with Crippen LogP contribution in [0.2, 0.25) is 0 Å². The van der Waals surface area contributed by atoms with E-state index in [0.717, 1.165) is 30.4 Å². The summed E-state index contributed by atoms with van der Waals surface area (Å²) in [7, 11) is 0. The lowest BCUT2D eigenvalue weighted by Gasteiger charge is -2.09. The molecule has 2 aromatic carbocycles. The Balaban J connectivity index is 2.20. The van der Waals surface area contributed by atoms with Crippen molar-refractivity contribution in [2.24, 2.45) is 0 Å². The van der Waals surface area contributed by atoms with Crippen molar-refractivity contribution in [3.63, 3.8) is 0 Å². The quantitative estimate of drug-likeness (QED) is 0.685. The van der Waals surface area contributed by atoms with Crippen LogP contribution in [0.15, 0.2) is 60.2 Å². The summed E-state index contributed by atoms with van der Waals surface area (Å²) in [5.74, 6) is -0.247. The van der Waals surface area contributed by atoms with Gasteiger partial charge in [-0.3, -0.25) is 4.79 Å². The van der Waals surface area contributed by atoms with Crippen molar-refractivity contribution in [1.29, 1.82) is 0 Å². The fourth-order valence-electron chi connectivity index (χ4n) is 2.56. The fraction of sp³-hybridized carbons (Fsp3) is 0.286. The maximum atomic E-state index is 11.1. The van der Waals surface area contributed by atoms with E-state index < -0.39 is 0 Å². The molecule has 0 aliphatic rings. The molecule has 2 heteroatoms. The molecule has 0 unspecified atom stereocenters. The normalized spacial score (nSPS) is 11.3. The predicted molar refractivity (Wildman–Crippen MR) is 95.2 cm³/mol. The fourth-order valence-corrected chi connectivity index (χ4v) is 2.56. The Morgan fingerprint density at radius 3 is 2.48 bits per heavy atom. The molecule has 2 rings (SSSR count). The van der Waals surface area contributed by atoms with E-state index >= 15 is 0 Å². The standard InChI is InChI=1S/C21H24O2/c1-3-8-18-11-7-12-20(13-18)15-21(16-23-17(2)22)14-19-9-5-4-6-10-19/h4-7,9-13,15H,3,8,14,16H2,1-2H3. The average Bonchev–Trinajstić information content (AvgIpc) is 2.54. The van der Waals surface area contributed by atoms with E-state index in [-0.39, 0.29) is 5.97 Å². The first-order chi connectivity index (χ1) is 11.2. The van der Waals surface area contributed by atoms with Crippen molar-refractivity contribution >= 4 is 12.0 Å². The van der Waals surface area contributed by atoms with E-state index in [1.165, 1.54) is 18.1 Å². The molecule has 2 aromatic rings. The highest BCUT2D eigenvalue weighted by atomic mass is 16.5. The average molecular weight is 308 g/mol. The van der Waals surface area contributed by atoms with Crippen molar-refractivity contribution in [3.8, 4) is 0 Å². The third kappa shape index (κ3) is 6.11. The van der Waals surface area contributed by atoms with E-state index in [0.29, 0.717) is 6.61 Å². The van der Waals surface area contributed by atoms with Gasteiger partial charge in [-0.15, -0.1) is 0 Å². The van der Waals surface area contributed by atoms with Crippen LogP contribution in [-0.2, 0) is 22.4 Å². The Hall–Kier alpha value is -2.35. The molecule has 0 amide bonds. The smallest absolute Gasteiger partial charge is 0.302 e. The zero-order valence-electron chi connectivity index (χ0n) is 13.9. The summed E-state index contributed by atoms with van der Waals surface area (Å²) >= 11 is 0. The monoisotopic (exact) mass is 308 g/mol. The van der Waals surface area contributed by atoms with Crippen molar-refractivity contribution in [2.75, 3.05) is 6.61 Å². The number of rotatable bonds is 7. The minimum Gasteiger partial charge on any atom is -0.461 e. The van der Waals surface area contributed by atoms with E-state index in [1.807, 2.05) is 18.2 Å². The Bertz CT molecular complexity index is 657. The number of hydrogen-bond acceptors (Lipinski definition) is 2. The molecule has 0 aliphatic heterocycles. The molecule has 0 heterocycles. The maximum Gasteiger partial charge on any atom is 0.302 e. The zero-order chi connectivity index (χ0) is 16.5. The van der Waals surface area contributed by atoms with Crippen LogP contribution in [-0.4, -0.2) is 12.6 Å². The Kier molecular flexibility index (Phi) is 6.61. The van der Waals surface area contributed by atoms with Gasteiger partial charge in [0.25, 0.3) is 0 Å². The number of esters is 1. The predicted octanol–water partition coefficient (Wildman–Crippen LogP) is 4.83. The van der Waals surface area contributed by atoms with Crippen molar-refractivity contribution in [1.82, 2.24) is 0 Å². The van der Waals surface area contributed by atoms with Crippen molar-refractivity contribution in [2.45, 2.75) is 33.1 Å². The largest absolute Gasteiger partial charge is 0.461 e. The van der Waals surface area contributed by atoms with Crippen LogP contribution in [0.3, 0.4) is 0 Å². The number of carbonyl (C=O) groups is 1. The first kappa shape index (κ1) is 17.0. The van der Waals surface area contributed by atoms with E-state index in [4.69, 9.17) is 4.74 Å². The maximum absolute atomic E-state index is 11.1. The number of hydrogen-bond donors (Lipinski definition) is 0. The highest BCUT2D eigenvalue weighted by Crippen LogP contribution is 2.15. The molecule has 0 aliphatic carbocycles. The van der Waals surface area contributed by atoms with Crippen molar-refractivity contribution < 1.29 is 9.53 Å². The molecule has 2 nitrogen and oxygen atoms in total. The molecule has 0 bridgehead atoms. The van der Waals surface area contributed by atoms with Gasteiger partial charge in [0.15, 0.2) is 0 Å². The second-order valence-corrected chi connectivity index (χ2v) is 5.74. The lowest BCUT2D eigenvalue weighted by atomic mass is 10.0. The highest BCUT2D eigenvalue weighted by molar-refractivity contribution is 5.66. The molecule has 23 heavy (non-hydrogen) atoms. The summed E-state index contributed by atoms with van der Waals surface area (Å²) in [5, 5.41) is 0. The first-order valence-electron chi connectivity index (χ1n) is 8.13. The molecular formula is C21H24O2. The van der Waals surface area contributed by atoms with Crippen LogP contribution < -0.4 is 0 Å². The van der Waals surface area contributed by atoms with Crippen molar-refractivity contribution in [3.05, 3.63) is 76.9 Å². The first-order valence-corrected chi connectivity index (χ1v) is 8.13. The summed E-state index contributed by atoms with van der Waals surface area (Å²) in [6.07, 6.45) is 5.14. The van der Waals surface area contributed by atoms with Gasteiger partial charge in [0.2, 0.25) is 0 Å². The van der Waals surface area contributed by atoms with E-state index in [9.17, 15) is 4.79 Å². The zero-order valence-corrected chi connectivity index (χ0v) is 13.9. The van der Waals surface area contributed by atoms with Crippen LogP contribution in [0.4, 0.5) is 0 Å². The molecule has 120 valence electrons. The molecule has 0 fully saturated rings. The molecule has 0 aromatic heterocycles. The van der Waals surface area contributed by atoms with Crippen LogP contribution in [0.25, 0.3) is 6.08 Å². The van der Waals surface area contributed by atoms with Crippen LogP contribution in [0, 0.1) is 0 Å². The van der Waals surface area contributed by atoms with Crippen LogP contribution in [0.5, 0.6) is 0 Å². The van der Waals surface area contributed by atoms with Gasteiger partial charge in [-0.25, -0.2) is 0 Å². The summed E-state index contributed by atoms with van der Waals surface area (Å²) in [6, 6.07) is 18.8. The number of benzene rings is 2. The summed E-state index contributed by atoms with van der Waals surface area (Å²) in [6.45, 7) is 3.97. The Morgan fingerprint density at radius 2 is 1.78 bits per heavy atom. The van der Waals surface area contributed by atoms with Crippen LogP contribution >= 0.6 is 0 Å². The molecule has 0 atom stereocenters. The lowest BCUT2D eigenvalue weighted by Crippen LogP contribution is -2.05. The third-order valence-electron chi connectivity index (χ3n) is 3.60. The summed E-state index contributed by atoms with van der Waals surface area (Å²) in [5.41, 5.74) is 4.82. The Labute approximate surface area is 138 Å². The molecule has 0 spiro atoms. The van der Waals surface area contributed by atoms with Gasteiger partial charge in [0, 0.05) is 6.92 Å². The summed E-state index contributed by atoms with van der Waals surface area (Å²) in [4.78, 5) is 11.1. The SMILES string of the molecule is CCCc1cccc(C=C(COC(C)=O)Cc2ccccc2)c1. The van der Waals surface area contributed by atoms with E-state index in [1.54, 1.807) is 0 Å². The summed E-state index contributed by atoms with van der Waals surface area (Å²) < 4.78 is 5.22. The molecule has 0 saturated heterocycles. The van der Waals surface area contributed by atoms with Gasteiger partial charge >= 0.3 is 5.97 Å². The van der Waals surface area contributed by atoms with Gasteiger partial charge in [0.05, 0.1) is 0 Å². The Morgan fingerprint density at radius 1 is 1.04 bits per heavy atom. The minimum absolute atomic E-state index is 0.247.